The largest absolute Gasteiger partial charge is 0.411 e. The van der Waals surface area contributed by atoms with Crippen LogP contribution in [-0.4, -0.2) is 30.3 Å². The molecule has 1 saturated carbocycles. The van der Waals surface area contributed by atoms with Crippen molar-refractivity contribution in [2.24, 2.45) is 5.16 Å². The van der Waals surface area contributed by atoms with Gasteiger partial charge in [-0.3, -0.25) is 0 Å². The lowest BCUT2D eigenvalue weighted by molar-refractivity contribution is 0.315. The third kappa shape index (κ3) is 7.12. The minimum Gasteiger partial charge on any atom is -0.411 e. The maximum absolute atomic E-state index is 12.7. The molecule has 0 aromatic rings. The molecule has 0 bridgehead atoms. The van der Waals surface area contributed by atoms with Gasteiger partial charge in [0.2, 0.25) is 0 Å². The molecule has 0 aliphatic heterocycles. The van der Waals surface area contributed by atoms with Gasteiger partial charge in [0.1, 0.15) is 5.25 Å². The monoisotopic (exact) mass is 331 g/mol. The summed E-state index contributed by atoms with van der Waals surface area (Å²) in [5.41, 5.74) is 0.497. The number of hydrogen-bond donors (Lipinski definition) is 1. The zero-order valence-corrected chi connectivity index (χ0v) is 14.9. The second-order valence-corrected chi connectivity index (χ2v) is 8.82. The minimum atomic E-state index is -3.20. The van der Waals surface area contributed by atoms with Crippen LogP contribution < -0.4 is 0 Å². The molecule has 22 heavy (non-hydrogen) atoms. The molecule has 0 amide bonds. The van der Waals surface area contributed by atoms with Gasteiger partial charge in [0, 0.05) is 0 Å². The highest BCUT2D eigenvalue weighted by atomic mass is 32.2. The summed E-state index contributed by atoms with van der Waals surface area (Å²) in [6.07, 6.45) is 12.9. The molecule has 0 saturated heterocycles. The van der Waals surface area contributed by atoms with Gasteiger partial charge in [-0.1, -0.05) is 69.9 Å². The molecule has 0 spiro atoms. The molecule has 0 unspecified atom stereocenters. The predicted molar refractivity (Wildman–Crippen MR) is 92.5 cm³/mol. The van der Waals surface area contributed by atoms with Crippen LogP contribution in [0, 0.1) is 0 Å². The van der Waals surface area contributed by atoms with E-state index >= 15 is 0 Å². The van der Waals surface area contributed by atoms with Crippen LogP contribution in [0.1, 0.15) is 90.4 Å². The first-order valence-electron chi connectivity index (χ1n) is 9.04. The molecular formula is C17H33NO3S. The molecule has 0 heterocycles. The van der Waals surface area contributed by atoms with Gasteiger partial charge in [-0.15, -0.1) is 0 Å². The van der Waals surface area contributed by atoms with Crippen LogP contribution in [0.15, 0.2) is 5.16 Å². The number of unbranched alkanes of at least 4 members (excludes halogenated alkanes) is 2. The van der Waals surface area contributed by atoms with E-state index in [9.17, 15) is 13.6 Å². The Morgan fingerprint density at radius 2 is 1.59 bits per heavy atom. The van der Waals surface area contributed by atoms with E-state index in [2.05, 4.69) is 12.1 Å². The van der Waals surface area contributed by atoms with Crippen molar-refractivity contribution in [3.63, 3.8) is 0 Å². The summed E-state index contributed by atoms with van der Waals surface area (Å²) in [7, 11) is -3.20. The topological polar surface area (TPSA) is 66.7 Å². The van der Waals surface area contributed by atoms with Crippen LogP contribution in [0.4, 0.5) is 0 Å². The molecule has 1 rings (SSSR count). The van der Waals surface area contributed by atoms with E-state index < -0.39 is 15.1 Å². The Hall–Kier alpha value is -0.580. The number of sulfone groups is 1. The maximum atomic E-state index is 12.7. The summed E-state index contributed by atoms with van der Waals surface area (Å²) in [4.78, 5) is 0. The van der Waals surface area contributed by atoms with Crippen molar-refractivity contribution in [1.29, 1.82) is 0 Å². The van der Waals surface area contributed by atoms with Crippen LogP contribution in [0.5, 0.6) is 0 Å². The summed E-state index contributed by atoms with van der Waals surface area (Å²) in [5.74, 6) is 0.227. The van der Waals surface area contributed by atoms with Crippen molar-refractivity contribution in [2.75, 3.05) is 5.75 Å². The number of rotatable bonds is 5. The van der Waals surface area contributed by atoms with Gasteiger partial charge in [0.15, 0.2) is 9.84 Å². The highest BCUT2D eigenvalue weighted by Crippen LogP contribution is 2.21. The first kappa shape index (κ1) is 19.5. The molecule has 1 aliphatic rings. The predicted octanol–water partition coefficient (Wildman–Crippen LogP) is 4.70. The van der Waals surface area contributed by atoms with Crippen molar-refractivity contribution in [3.8, 4) is 0 Å². The first-order valence-corrected chi connectivity index (χ1v) is 10.8. The van der Waals surface area contributed by atoms with E-state index in [1.54, 1.807) is 0 Å². The van der Waals surface area contributed by atoms with E-state index in [1.807, 2.05) is 0 Å². The lowest BCUT2D eigenvalue weighted by Crippen LogP contribution is -2.32. The Morgan fingerprint density at radius 1 is 1.00 bits per heavy atom. The van der Waals surface area contributed by atoms with E-state index in [1.165, 1.54) is 25.7 Å². The second kappa shape index (κ2) is 11.0. The summed E-state index contributed by atoms with van der Waals surface area (Å²) in [5, 5.41) is 12.2. The molecule has 4 nitrogen and oxygen atoms in total. The van der Waals surface area contributed by atoms with Crippen LogP contribution in [0.2, 0.25) is 0 Å². The van der Waals surface area contributed by atoms with Crippen molar-refractivity contribution >= 4 is 15.5 Å². The van der Waals surface area contributed by atoms with Gasteiger partial charge in [-0.05, 0) is 25.7 Å². The molecular weight excluding hydrogens is 298 g/mol. The Kier molecular flexibility index (Phi) is 9.76. The normalized spacial score (nSPS) is 24.6. The fourth-order valence-electron chi connectivity index (χ4n) is 3.22. The Labute approximate surface area is 136 Å². The summed E-state index contributed by atoms with van der Waals surface area (Å²) in [6, 6.07) is 0. The van der Waals surface area contributed by atoms with Crippen LogP contribution in [0.25, 0.3) is 0 Å². The van der Waals surface area contributed by atoms with E-state index in [4.69, 9.17) is 0 Å². The lowest BCUT2D eigenvalue weighted by Gasteiger charge is -2.19. The molecule has 1 fully saturated rings. The molecule has 0 radical (unpaired) electrons. The number of nitrogens with zero attached hydrogens (tertiary/aromatic N) is 1. The van der Waals surface area contributed by atoms with E-state index in [-0.39, 0.29) is 5.75 Å². The zero-order valence-electron chi connectivity index (χ0n) is 14.1. The fraction of sp³-hybridized carbons (Fsp3) is 0.941. The van der Waals surface area contributed by atoms with Crippen molar-refractivity contribution < 1.29 is 13.6 Å². The molecule has 1 atom stereocenters. The van der Waals surface area contributed by atoms with Gasteiger partial charge < -0.3 is 5.21 Å². The zero-order chi connectivity index (χ0) is 16.3. The fourth-order valence-corrected chi connectivity index (χ4v) is 5.22. The smallest absolute Gasteiger partial charge is 0.158 e. The minimum absolute atomic E-state index is 0.227. The highest BCUT2D eigenvalue weighted by Gasteiger charge is 2.29. The molecule has 1 N–H and O–H groups in total. The van der Waals surface area contributed by atoms with E-state index in [0.29, 0.717) is 25.0 Å². The third-order valence-corrected chi connectivity index (χ3v) is 6.85. The van der Waals surface area contributed by atoms with Crippen molar-refractivity contribution in [2.45, 2.75) is 95.6 Å². The molecule has 1 aliphatic carbocycles. The summed E-state index contributed by atoms with van der Waals surface area (Å²) < 4.78 is 25.3. The van der Waals surface area contributed by atoms with Crippen LogP contribution >= 0.6 is 0 Å². The Morgan fingerprint density at radius 3 is 2.18 bits per heavy atom. The van der Waals surface area contributed by atoms with Gasteiger partial charge in [0.05, 0.1) is 11.5 Å². The average Bonchev–Trinajstić information content (AvgIpc) is 2.47. The molecule has 0 aromatic carbocycles. The third-order valence-electron chi connectivity index (χ3n) is 4.62. The highest BCUT2D eigenvalue weighted by molar-refractivity contribution is 7.92. The van der Waals surface area contributed by atoms with Gasteiger partial charge in [-0.25, -0.2) is 8.42 Å². The van der Waals surface area contributed by atoms with Crippen LogP contribution in [0.3, 0.4) is 0 Å². The summed E-state index contributed by atoms with van der Waals surface area (Å²) >= 11 is 0. The van der Waals surface area contributed by atoms with Crippen molar-refractivity contribution in [3.05, 3.63) is 0 Å². The maximum Gasteiger partial charge on any atom is 0.158 e. The molecule has 5 heteroatoms. The lowest BCUT2D eigenvalue weighted by atomic mass is 9.99. The van der Waals surface area contributed by atoms with E-state index in [0.717, 1.165) is 38.5 Å². The van der Waals surface area contributed by atoms with Crippen molar-refractivity contribution in [1.82, 2.24) is 0 Å². The average molecular weight is 332 g/mol. The Balaban J connectivity index is 2.76. The van der Waals surface area contributed by atoms with Gasteiger partial charge in [0.25, 0.3) is 0 Å². The summed E-state index contributed by atoms with van der Waals surface area (Å²) in [6.45, 7) is 2.07. The van der Waals surface area contributed by atoms with Gasteiger partial charge >= 0.3 is 0 Å². The molecule has 0 aromatic heterocycles. The first-order chi connectivity index (χ1) is 10.6. The molecule has 130 valence electrons. The quantitative estimate of drug-likeness (QED) is 0.451. The standard InChI is InChI=1S/C17H33NO3S/c1-2-3-12-15-22(20,21)17-14-11-9-7-5-4-6-8-10-13-16(17)18-19/h17,19H,2-15H2,1H3/b18-16+/t17-/m0/s1. The van der Waals surface area contributed by atoms with Gasteiger partial charge in [-0.2, -0.15) is 0 Å². The second-order valence-electron chi connectivity index (χ2n) is 6.52. The Bertz CT molecular complexity index is 418. The SMILES string of the molecule is CCCCCS(=O)(=O)[C@H]1CCCCCCCCCC/C1=N\O. The number of oxime groups is 1. The van der Waals surface area contributed by atoms with Crippen LogP contribution in [-0.2, 0) is 9.84 Å². The number of hydrogen-bond acceptors (Lipinski definition) is 4.